The Morgan fingerprint density at radius 2 is 1.68 bits per heavy atom. The van der Waals surface area contributed by atoms with E-state index in [2.05, 4.69) is 41.4 Å². The van der Waals surface area contributed by atoms with Crippen LogP contribution in [0.3, 0.4) is 0 Å². The molecule has 0 unspecified atom stereocenters. The number of furan rings is 1. The molecule has 1 aliphatic rings. The monoisotopic (exact) mass is 485 g/mol. The van der Waals surface area contributed by atoms with E-state index in [1.54, 1.807) is 35.2 Å². The lowest BCUT2D eigenvalue weighted by Crippen LogP contribution is -2.58. The smallest absolute Gasteiger partial charge is 0.136 e. The van der Waals surface area contributed by atoms with E-state index >= 15 is 0 Å². The molecule has 7 heteroatoms. The summed E-state index contributed by atoms with van der Waals surface area (Å²) in [5, 5.41) is 12.0. The lowest BCUT2D eigenvalue weighted by Gasteiger charge is -2.49. The zero-order valence-electron chi connectivity index (χ0n) is 18.6. The highest BCUT2D eigenvalue weighted by atomic mass is 32.1. The molecule has 3 heterocycles. The highest BCUT2D eigenvalue weighted by Crippen LogP contribution is 2.47. The predicted octanol–water partition coefficient (Wildman–Crippen LogP) is 6.56. The zero-order chi connectivity index (χ0) is 23.3. The maximum atomic E-state index is 10.2. The van der Waals surface area contributed by atoms with Crippen LogP contribution in [0.15, 0.2) is 83.8 Å². The van der Waals surface area contributed by atoms with Crippen LogP contribution in [-0.2, 0) is 5.54 Å². The van der Waals surface area contributed by atoms with Gasteiger partial charge in [0, 0.05) is 22.9 Å². The van der Waals surface area contributed by atoms with Crippen LogP contribution in [0.4, 0.5) is 0 Å². The summed E-state index contributed by atoms with van der Waals surface area (Å²) in [5.74, 6) is 0. The Morgan fingerprint density at radius 3 is 2.35 bits per heavy atom. The van der Waals surface area contributed by atoms with Gasteiger partial charge in [-0.15, -0.1) is 22.7 Å². The molecule has 34 heavy (non-hydrogen) atoms. The van der Waals surface area contributed by atoms with Gasteiger partial charge in [-0.3, -0.25) is 0 Å². The van der Waals surface area contributed by atoms with Crippen molar-refractivity contribution in [3.8, 4) is 42.2 Å². The van der Waals surface area contributed by atoms with Crippen LogP contribution in [0.1, 0.15) is 25.3 Å². The van der Waals surface area contributed by atoms with Crippen molar-refractivity contribution in [1.29, 1.82) is 0 Å². The maximum absolute atomic E-state index is 10.2. The van der Waals surface area contributed by atoms with Crippen molar-refractivity contribution < 1.29 is 9.52 Å². The SMILES string of the molecule is CC1(O)CC(N)(c2ccc(-c3nc(-c4cnc(-c5ccoc5)s4)sc3-c3ccccc3)cc2)C1. The quantitative estimate of drug-likeness (QED) is 0.294. The molecule has 1 aliphatic carbocycles. The minimum absolute atomic E-state index is 0.469. The topological polar surface area (TPSA) is 85.2 Å². The van der Waals surface area contributed by atoms with Gasteiger partial charge in [0.25, 0.3) is 0 Å². The molecule has 5 aromatic rings. The van der Waals surface area contributed by atoms with Crippen LogP contribution < -0.4 is 5.73 Å². The molecular formula is C27H23N3O2S2. The summed E-state index contributed by atoms with van der Waals surface area (Å²) in [6.07, 6.45) is 6.39. The molecule has 0 atom stereocenters. The number of nitrogens with zero attached hydrogens (tertiary/aromatic N) is 2. The molecule has 170 valence electrons. The van der Waals surface area contributed by atoms with E-state index in [-0.39, 0.29) is 0 Å². The summed E-state index contributed by atoms with van der Waals surface area (Å²) in [6.45, 7) is 1.84. The zero-order valence-corrected chi connectivity index (χ0v) is 20.2. The van der Waals surface area contributed by atoms with Crippen molar-refractivity contribution in [3.05, 3.63) is 85.0 Å². The van der Waals surface area contributed by atoms with Gasteiger partial charge >= 0.3 is 0 Å². The highest BCUT2D eigenvalue weighted by Gasteiger charge is 2.49. The Bertz CT molecular complexity index is 1430. The van der Waals surface area contributed by atoms with Gasteiger partial charge in [-0.05, 0) is 37.0 Å². The molecule has 0 bridgehead atoms. The van der Waals surface area contributed by atoms with Crippen molar-refractivity contribution in [1.82, 2.24) is 9.97 Å². The highest BCUT2D eigenvalue weighted by molar-refractivity contribution is 7.25. The molecule has 1 fully saturated rings. The van der Waals surface area contributed by atoms with Crippen LogP contribution in [-0.4, -0.2) is 20.7 Å². The third-order valence-electron chi connectivity index (χ3n) is 6.27. The standard InChI is InChI=1S/C27H23N3O2S2/c1-26(31)15-27(28,16-26)20-9-7-17(8-10-20)22-23(18-5-3-2-4-6-18)34-25(30-22)21-13-29-24(33-21)19-11-12-32-14-19/h2-14,31H,15-16,28H2,1H3. The second-order valence-corrected chi connectivity index (χ2v) is 11.2. The van der Waals surface area contributed by atoms with Gasteiger partial charge in [0.15, 0.2) is 0 Å². The molecule has 3 N–H and O–H groups in total. The summed E-state index contributed by atoms with van der Waals surface area (Å²) in [4.78, 5) is 11.8. The van der Waals surface area contributed by atoms with Gasteiger partial charge in [-0.1, -0.05) is 54.6 Å². The van der Waals surface area contributed by atoms with E-state index in [0.29, 0.717) is 12.8 Å². The minimum atomic E-state index is -0.679. The Labute approximate surface area is 205 Å². The van der Waals surface area contributed by atoms with Gasteiger partial charge in [0.1, 0.15) is 16.3 Å². The fourth-order valence-electron chi connectivity index (χ4n) is 4.77. The first-order chi connectivity index (χ1) is 16.4. The van der Waals surface area contributed by atoms with Gasteiger partial charge < -0.3 is 15.3 Å². The number of thiazole rings is 2. The van der Waals surface area contributed by atoms with Crippen molar-refractivity contribution >= 4 is 22.7 Å². The van der Waals surface area contributed by atoms with E-state index in [1.807, 2.05) is 37.4 Å². The van der Waals surface area contributed by atoms with Crippen LogP contribution >= 0.6 is 22.7 Å². The van der Waals surface area contributed by atoms with E-state index in [4.69, 9.17) is 15.1 Å². The normalized spacial score (nSPS) is 22.0. The average Bonchev–Trinajstić information content (AvgIpc) is 3.58. The molecule has 0 amide bonds. The fourth-order valence-corrected chi connectivity index (χ4v) is 6.80. The van der Waals surface area contributed by atoms with Crippen LogP contribution in [0, 0.1) is 0 Å². The molecular weight excluding hydrogens is 462 g/mol. The first kappa shape index (κ1) is 21.4. The summed E-state index contributed by atoms with van der Waals surface area (Å²) in [7, 11) is 0. The largest absolute Gasteiger partial charge is 0.472 e. The van der Waals surface area contributed by atoms with Crippen LogP contribution in [0.5, 0.6) is 0 Å². The molecule has 0 saturated heterocycles. The molecule has 3 aromatic heterocycles. The Morgan fingerprint density at radius 1 is 0.912 bits per heavy atom. The second kappa shape index (κ2) is 7.99. The predicted molar refractivity (Wildman–Crippen MR) is 138 cm³/mol. The van der Waals surface area contributed by atoms with Crippen LogP contribution in [0.25, 0.3) is 42.2 Å². The summed E-state index contributed by atoms with van der Waals surface area (Å²) in [5.41, 5.74) is 10.5. The molecule has 0 aliphatic heterocycles. The number of nitrogens with two attached hydrogens (primary N) is 1. The average molecular weight is 486 g/mol. The number of benzene rings is 2. The van der Waals surface area contributed by atoms with E-state index in [0.717, 1.165) is 47.7 Å². The Kier molecular flexibility index (Phi) is 5.04. The van der Waals surface area contributed by atoms with Crippen molar-refractivity contribution in [2.45, 2.75) is 30.9 Å². The van der Waals surface area contributed by atoms with E-state index < -0.39 is 11.1 Å². The molecule has 1 saturated carbocycles. The second-order valence-electron chi connectivity index (χ2n) is 9.19. The summed E-state index contributed by atoms with van der Waals surface area (Å²) < 4.78 is 5.21. The molecule has 5 nitrogen and oxygen atoms in total. The van der Waals surface area contributed by atoms with Crippen molar-refractivity contribution in [3.63, 3.8) is 0 Å². The van der Waals surface area contributed by atoms with Gasteiger partial charge in [0.2, 0.25) is 0 Å². The summed E-state index contributed by atoms with van der Waals surface area (Å²) >= 11 is 3.28. The van der Waals surface area contributed by atoms with Gasteiger partial charge in [0.05, 0.1) is 27.3 Å². The fraction of sp³-hybridized carbons (Fsp3) is 0.185. The first-order valence-corrected chi connectivity index (χ1v) is 12.7. The number of aliphatic hydroxyl groups is 1. The third kappa shape index (κ3) is 3.80. The Hall–Kier alpha value is -3.10. The summed E-state index contributed by atoms with van der Waals surface area (Å²) in [6, 6.07) is 20.6. The molecule has 0 radical (unpaired) electrons. The number of rotatable bonds is 5. The number of hydrogen-bond acceptors (Lipinski definition) is 7. The van der Waals surface area contributed by atoms with Gasteiger partial charge in [-0.2, -0.15) is 0 Å². The molecule has 0 spiro atoms. The number of hydrogen-bond donors (Lipinski definition) is 2. The van der Waals surface area contributed by atoms with Crippen molar-refractivity contribution in [2.75, 3.05) is 0 Å². The lowest BCUT2D eigenvalue weighted by molar-refractivity contribution is -0.0738. The third-order valence-corrected chi connectivity index (χ3v) is 8.59. The lowest BCUT2D eigenvalue weighted by atomic mass is 9.63. The first-order valence-electron chi connectivity index (χ1n) is 11.1. The maximum Gasteiger partial charge on any atom is 0.136 e. The molecule has 6 rings (SSSR count). The number of aromatic nitrogens is 2. The minimum Gasteiger partial charge on any atom is -0.472 e. The van der Waals surface area contributed by atoms with E-state index in [9.17, 15) is 5.11 Å². The Balaban J connectivity index is 1.39. The van der Waals surface area contributed by atoms with Crippen molar-refractivity contribution in [2.24, 2.45) is 5.73 Å². The van der Waals surface area contributed by atoms with Crippen LogP contribution in [0.2, 0.25) is 0 Å². The molecule has 2 aromatic carbocycles. The van der Waals surface area contributed by atoms with E-state index in [1.165, 1.54) is 0 Å². The van der Waals surface area contributed by atoms with Gasteiger partial charge in [-0.25, -0.2) is 9.97 Å².